The Bertz CT molecular complexity index is 466. The van der Waals surface area contributed by atoms with Gasteiger partial charge in [0.05, 0.1) is 15.9 Å². The van der Waals surface area contributed by atoms with Crippen LogP contribution in [-0.4, -0.2) is 36.4 Å². The molecule has 1 saturated heterocycles. The summed E-state index contributed by atoms with van der Waals surface area (Å²) in [5, 5.41) is 12.4. The van der Waals surface area contributed by atoms with E-state index in [2.05, 4.69) is 21.2 Å². The van der Waals surface area contributed by atoms with E-state index in [0.717, 1.165) is 8.66 Å². The van der Waals surface area contributed by atoms with E-state index in [-0.39, 0.29) is 12.5 Å². The number of hydrogen-bond donors (Lipinski definition) is 2. The van der Waals surface area contributed by atoms with E-state index < -0.39 is 5.54 Å². The lowest BCUT2D eigenvalue weighted by Gasteiger charge is -2.35. The largest absolute Gasteiger partial charge is 0.394 e. The lowest BCUT2D eigenvalue weighted by molar-refractivity contribution is -0.120. The van der Waals surface area contributed by atoms with Gasteiger partial charge in [-0.15, -0.1) is 11.3 Å². The highest BCUT2D eigenvalue weighted by Crippen LogP contribution is 2.23. The van der Waals surface area contributed by atoms with Gasteiger partial charge in [-0.2, -0.15) is 0 Å². The predicted molar refractivity (Wildman–Crippen MR) is 79.1 cm³/mol. The van der Waals surface area contributed by atoms with Crippen molar-refractivity contribution in [2.75, 3.05) is 19.8 Å². The summed E-state index contributed by atoms with van der Waals surface area (Å²) in [5.74, 6) is -0.180. The van der Waals surface area contributed by atoms with Gasteiger partial charge in [-0.05, 0) is 47.0 Å². The summed E-state index contributed by atoms with van der Waals surface area (Å²) in [4.78, 5) is 12.9. The Morgan fingerprint density at radius 1 is 1.53 bits per heavy atom. The smallest absolute Gasteiger partial charge is 0.244 e. The molecule has 1 aromatic rings. The summed E-state index contributed by atoms with van der Waals surface area (Å²) >= 11 is 4.94. The number of rotatable bonds is 4. The van der Waals surface area contributed by atoms with Crippen molar-refractivity contribution in [3.8, 4) is 0 Å². The molecule has 2 heterocycles. The van der Waals surface area contributed by atoms with Crippen molar-refractivity contribution in [1.29, 1.82) is 0 Å². The predicted octanol–water partition coefficient (Wildman–Crippen LogP) is 2.18. The molecule has 2 rings (SSSR count). The minimum Gasteiger partial charge on any atom is -0.394 e. The van der Waals surface area contributed by atoms with Gasteiger partial charge in [0.15, 0.2) is 0 Å². The standard InChI is InChI=1S/C13H16BrNO3S/c14-11-3-1-10(19-11)2-4-12(17)15-13(9-16)5-7-18-8-6-13/h1-4,16H,5-9H2,(H,15,17)/b4-2+. The van der Waals surface area contributed by atoms with E-state index in [1.807, 2.05) is 12.1 Å². The number of thiophene rings is 1. The molecule has 0 bridgehead atoms. The van der Waals surface area contributed by atoms with Gasteiger partial charge in [-0.3, -0.25) is 4.79 Å². The third-order valence-electron chi connectivity index (χ3n) is 3.13. The minimum absolute atomic E-state index is 0.0551. The first-order valence-corrected chi connectivity index (χ1v) is 7.69. The van der Waals surface area contributed by atoms with Crippen molar-refractivity contribution in [2.24, 2.45) is 0 Å². The van der Waals surface area contributed by atoms with Crippen LogP contribution < -0.4 is 5.32 Å². The second-order valence-corrected chi connectivity index (χ2v) is 7.01. The Balaban J connectivity index is 1.94. The lowest BCUT2D eigenvalue weighted by Crippen LogP contribution is -2.54. The van der Waals surface area contributed by atoms with Crippen LogP contribution in [0.4, 0.5) is 0 Å². The van der Waals surface area contributed by atoms with Gasteiger partial charge >= 0.3 is 0 Å². The maximum Gasteiger partial charge on any atom is 0.244 e. The van der Waals surface area contributed by atoms with Crippen LogP contribution in [0.3, 0.4) is 0 Å². The molecule has 1 amide bonds. The average Bonchev–Trinajstić information content (AvgIpc) is 2.83. The Hall–Kier alpha value is -0.690. The second-order valence-electron chi connectivity index (χ2n) is 4.52. The Morgan fingerprint density at radius 2 is 2.26 bits per heavy atom. The number of ether oxygens (including phenoxy) is 1. The number of amides is 1. The van der Waals surface area contributed by atoms with Crippen LogP contribution in [-0.2, 0) is 9.53 Å². The summed E-state index contributed by atoms with van der Waals surface area (Å²) in [7, 11) is 0. The van der Waals surface area contributed by atoms with Gasteiger partial charge in [-0.25, -0.2) is 0 Å². The molecule has 0 aliphatic carbocycles. The SMILES string of the molecule is O=C(/C=C/c1ccc(Br)s1)NC1(CO)CCOCC1. The number of nitrogens with one attached hydrogen (secondary N) is 1. The van der Waals surface area contributed by atoms with Crippen LogP contribution in [0.2, 0.25) is 0 Å². The third-order valence-corrected chi connectivity index (χ3v) is 4.72. The van der Waals surface area contributed by atoms with Crippen LogP contribution in [0, 0.1) is 0 Å². The van der Waals surface area contributed by atoms with Crippen molar-refractivity contribution in [3.63, 3.8) is 0 Å². The van der Waals surface area contributed by atoms with Crippen molar-refractivity contribution < 1.29 is 14.6 Å². The first kappa shape index (κ1) is 14.7. The number of carbonyl (C=O) groups excluding carboxylic acids is 1. The van der Waals surface area contributed by atoms with E-state index in [1.165, 1.54) is 6.08 Å². The van der Waals surface area contributed by atoms with Crippen molar-refractivity contribution in [1.82, 2.24) is 5.32 Å². The molecule has 1 fully saturated rings. The Morgan fingerprint density at radius 3 is 2.84 bits per heavy atom. The third kappa shape index (κ3) is 4.14. The van der Waals surface area contributed by atoms with Crippen LogP contribution >= 0.6 is 27.3 Å². The maximum absolute atomic E-state index is 11.9. The number of carbonyl (C=O) groups is 1. The molecule has 0 unspecified atom stereocenters. The molecule has 0 spiro atoms. The zero-order valence-electron chi connectivity index (χ0n) is 10.4. The minimum atomic E-state index is -0.532. The van der Waals surface area contributed by atoms with E-state index in [9.17, 15) is 9.90 Å². The zero-order valence-corrected chi connectivity index (χ0v) is 12.8. The molecule has 1 aliphatic rings. The van der Waals surface area contributed by atoms with Gasteiger partial charge in [0.2, 0.25) is 5.91 Å². The maximum atomic E-state index is 11.9. The van der Waals surface area contributed by atoms with Gasteiger partial charge in [0.1, 0.15) is 0 Å². The monoisotopic (exact) mass is 345 g/mol. The van der Waals surface area contributed by atoms with Gasteiger partial charge in [0.25, 0.3) is 0 Å². The first-order chi connectivity index (χ1) is 9.13. The number of aliphatic hydroxyl groups is 1. The highest BCUT2D eigenvalue weighted by molar-refractivity contribution is 9.11. The second kappa shape index (κ2) is 6.65. The normalized spacial score (nSPS) is 18.6. The molecule has 19 heavy (non-hydrogen) atoms. The molecule has 1 aliphatic heterocycles. The van der Waals surface area contributed by atoms with Crippen molar-refractivity contribution in [2.45, 2.75) is 18.4 Å². The molecular weight excluding hydrogens is 330 g/mol. The van der Waals surface area contributed by atoms with Crippen molar-refractivity contribution in [3.05, 3.63) is 26.9 Å². The molecule has 0 saturated carbocycles. The van der Waals surface area contributed by atoms with Crippen LogP contribution in [0.5, 0.6) is 0 Å². The molecule has 1 aromatic heterocycles. The molecular formula is C13H16BrNO3S. The van der Waals surface area contributed by atoms with E-state index in [4.69, 9.17) is 4.74 Å². The molecule has 2 N–H and O–H groups in total. The van der Waals surface area contributed by atoms with Gasteiger partial charge in [0, 0.05) is 24.2 Å². The van der Waals surface area contributed by atoms with Gasteiger partial charge < -0.3 is 15.2 Å². The summed E-state index contributed by atoms with van der Waals surface area (Å²) in [6, 6.07) is 3.88. The lowest BCUT2D eigenvalue weighted by atomic mass is 9.91. The summed E-state index contributed by atoms with van der Waals surface area (Å²) in [5.41, 5.74) is -0.532. The molecule has 104 valence electrons. The van der Waals surface area contributed by atoms with E-state index in [1.54, 1.807) is 17.4 Å². The zero-order chi connectivity index (χ0) is 13.7. The molecule has 0 aromatic carbocycles. The van der Waals surface area contributed by atoms with Crippen molar-refractivity contribution >= 4 is 39.2 Å². The van der Waals surface area contributed by atoms with Gasteiger partial charge in [-0.1, -0.05) is 0 Å². The number of aliphatic hydroxyl groups excluding tert-OH is 1. The molecule has 4 nitrogen and oxygen atoms in total. The quantitative estimate of drug-likeness (QED) is 0.822. The molecule has 0 radical (unpaired) electrons. The topological polar surface area (TPSA) is 58.6 Å². The number of halogens is 1. The summed E-state index contributed by atoms with van der Waals surface area (Å²) in [6.45, 7) is 1.09. The van der Waals surface area contributed by atoms with Crippen LogP contribution in [0.25, 0.3) is 6.08 Å². The molecule has 6 heteroatoms. The summed E-state index contributed by atoms with van der Waals surface area (Å²) in [6.07, 6.45) is 4.57. The average molecular weight is 346 g/mol. The Kier molecular flexibility index (Phi) is 5.15. The number of hydrogen-bond acceptors (Lipinski definition) is 4. The van der Waals surface area contributed by atoms with Crippen LogP contribution in [0.1, 0.15) is 17.7 Å². The van der Waals surface area contributed by atoms with Crippen LogP contribution in [0.15, 0.2) is 22.0 Å². The molecule has 0 atom stereocenters. The fraction of sp³-hybridized carbons (Fsp3) is 0.462. The fourth-order valence-corrected chi connectivity index (χ4v) is 3.29. The highest BCUT2D eigenvalue weighted by atomic mass is 79.9. The van der Waals surface area contributed by atoms with E-state index in [0.29, 0.717) is 26.1 Å². The van der Waals surface area contributed by atoms with E-state index >= 15 is 0 Å². The fourth-order valence-electron chi connectivity index (χ4n) is 1.96. The first-order valence-electron chi connectivity index (χ1n) is 6.08. The Labute approximate surface area is 124 Å². The highest BCUT2D eigenvalue weighted by Gasteiger charge is 2.32. The summed E-state index contributed by atoms with van der Waals surface area (Å²) < 4.78 is 6.29.